The molecule has 6 heteroatoms. The molecule has 0 heterocycles. The monoisotopic (exact) mass is 393 g/mol. The normalized spacial score (nSPS) is 11.2. The number of benzene rings is 2. The summed E-state index contributed by atoms with van der Waals surface area (Å²) in [5.41, 5.74) is 1.62. The summed E-state index contributed by atoms with van der Waals surface area (Å²) in [5, 5.41) is 3.14. The SMILES string of the molecule is FC(F)(F)Oc1cccc(CNc2ccc(I)cc2)c1. The molecule has 0 aliphatic carbocycles. The summed E-state index contributed by atoms with van der Waals surface area (Å²) in [6.45, 7) is 0.426. The first kappa shape index (κ1) is 15.0. The zero-order valence-electron chi connectivity index (χ0n) is 10.2. The second kappa shape index (κ2) is 6.34. The van der Waals surface area contributed by atoms with Crippen molar-refractivity contribution in [1.29, 1.82) is 0 Å². The fraction of sp³-hybridized carbons (Fsp3) is 0.143. The van der Waals surface area contributed by atoms with Gasteiger partial charge < -0.3 is 10.1 Å². The van der Waals surface area contributed by atoms with Crippen LogP contribution in [-0.2, 0) is 6.54 Å². The average molecular weight is 393 g/mol. The molecule has 0 saturated heterocycles. The number of alkyl halides is 3. The second-order valence-corrected chi connectivity index (χ2v) is 5.30. The minimum absolute atomic E-state index is 0.209. The van der Waals surface area contributed by atoms with Crippen LogP contribution in [0.1, 0.15) is 5.56 Å². The molecule has 0 aliphatic rings. The van der Waals surface area contributed by atoms with Crippen LogP contribution >= 0.6 is 22.6 Å². The molecule has 2 aromatic rings. The molecule has 0 saturated carbocycles. The highest BCUT2D eigenvalue weighted by Crippen LogP contribution is 2.23. The quantitative estimate of drug-likeness (QED) is 0.754. The van der Waals surface area contributed by atoms with Crippen LogP contribution in [0.2, 0.25) is 0 Å². The first-order valence-electron chi connectivity index (χ1n) is 5.76. The van der Waals surface area contributed by atoms with E-state index in [1.807, 2.05) is 24.3 Å². The van der Waals surface area contributed by atoms with Crippen LogP contribution in [0.25, 0.3) is 0 Å². The highest BCUT2D eigenvalue weighted by atomic mass is 127. The topological polar surface area (TPSA) is 21.3 Å². The number of anilines is 1. The van der Waals surface area contributed by atoms with Gasteiger partial charge in [-0.3, -0.25) is 0 Å². The van der Waals surface area contributed by atoms with Gasteiger partial charge in [-0.1, -0.05) is 12.1 Å². The van der Waals surface area contributed by atoms with Crippen LogP contribution in [-0.4, -0.2) is 6.36 Å². The van der Waals surface area contributed by atoms with Gasteiger partial charge in [0.05, 0.1) is 0 Å². The Morgan fingerprint density at radius 1 is 1.05 bits per heavy atom. The Labute approximate surface area is 128 Å². The Morgan fingerprint density at radius 2 is 1.75 bits per heavy atom. The van der Waals surface area contributed by atoms with Crippen LogP contribution in [0, 0.1) is 3.57 Å². The van der Waals surface area contributed by atoms with Gasteiger partial charge in [-0.2, -0.15) is 0 Å². The Kier molecular flexibility index (Phi) is 4.74. The van der Waals surface area contributed by atoms with Crippen LogP contribution in [0.3, 0.4) is 0 Å². The third kappa shape index (κ3) is 4.92. The summed E-state index contributed by atoms with van der Waals surface area (Å²) in [6, 6.07) is 13.7. The van der Waals surface area contributed by atoms with Gasteiger partial charge in [-0.25, -0.2) is 0 Å². The first-order valence-corrected chi connectivity index (χ1v) is 6.84. The van der Waals surface area contributed by atoms with Gasteiger partial charge in [0.1, 0.15) is 5.75 Å². The summed E-state index contributed by atoms with van der Waals surface area (Å²) >= 11 is 2.20. The molecule has 106 valence electrons. The number of rotatable bonds is 4. The number of ether oxygens (including phenoxy) is 1. The molecule has 0 spiro atoms. The largest absolute Gasteiger partial charge is 0.573 e. The lowest BCUT2D eigenvalue weighted by Crippen LogP contribution is -2.17. The van der Waals surface area contributed by atoms with E-state index in [1.54, 1.807) is 6.07 Å². The van der Waals surface area contributed by atoms with Gasteiger partial charge in [-0.05, 0) is 64.6 Å². The third-order valence-corrected chi connectivity index (χ3v) is 3.19. The molecule has 0 amide bonds. The summed E-state index contributed by atoms with van der Waals surface area (Å²) in [4.78, 5) is 0. The Morgan fingerprint density at radius 3 is 2.40 bits per heavy atom. The van der Waals surface area contributed by atoms with Crippen molar-refractivity contribution < 1.29 is 17.9 Å². The van der Waals surface area contributed by atoms with Crippen molar-refractivity contribution in [1.82, 2.24) is 0 Å². The van der Waals surface area contributed by atoms with Crippen LogP contribution < -0.4 is 10.1 Å². The van der Waals surface area contributed by atoms with Crippen molar-refractivity contribution in [2.75, 3.05) is 5.32 Å². The molecular weight excluding hydrogens is 382 g/mol. The van der Waals surface area contributed by atoms with Crippen molar-refractivity contribution in [3.8, 4) is 5.75 Å². The molecular formula is C14H11F3INO. The predicted octanol–water partition coefficient (Wildman–Crippen LogP) is 4.80. The molecule has 0 atom stereocenters. The zero-order valence-corrected chi connectivity index (χ0v) is 12.4. The number of halogens is 4. The van der Waals surface area contributed by atoms with Crippen molar-refractivity contribution >= 4 is 28.3 Å². The number of nitrogens with one attached hydrogen (secondary N) is 1. The predicted molar refractivity (Wildman–Crippen MR) is 79.6 cm³/mol. The lowest BCUT2D eigenvalue weighted by Gasteiger charge is -2.11. The van der Waals surface area contributed by atoms with E-state index in [-0.39, 0.29) is 5.75 Å². The van der Waals surface area contributed by atoms with E-state index in [0.29, 0.717) is 12.1 Å². The van der Waals surface area contributed by atoms with E-state index < -0.39 is 6.36 Å². The van der Waals surface area contributed by atoms with Crippen molar-refractivity contribution in [2.24, 2.45) is 0 Å². The first-order chi connectivity index (χ1) is 9.42. The van der Waals surface area contributed by atoms with Crippen molar-refractivity contribution in [2.45, 2.75) is 12.9 Å². The van der Waals surface area contributed by atoms with Gasteiger partial charge in [0, 0.05) is 15.8 Å². The number of hydrogen-bond acceptors (Lipinski definition) is 2. The van der Waals surface area contributed by atoms with E-state index >= 15 is 0 Å². The average Bonchev–Trinajstić information content (AvgIpc) is 2.36. The smallest absolute Gasteiger partial charge is 0.406 e. The van der Waals surface area contributed by atoms with Crippen LogP contribution in [0.4, 0.5) is 18.9 Å². The van der Waals surface area contributed by atoms with Crippen molar-refractivity contribution in [3.05, 3.63) is 57.7 Å². The van der Waals surface area contributed by atoms with E-state index in [9.17, 15) is 13.2 Å². The molecule has 0 aliphatic heterocycles. The van der Waals surface area contributed by atoms with Crippen molar-refractivity contribution in [3.63, 3.8) is 0 Å². The fourth-order valence-corrected chi connectivity index (χ4v) is 1.98. The molecule has 0 unspecified atom stereocenters. The van der Waals surface area contributed by atoms with E-state index in [4.69, 9.17) is 0 Å². The zero-order chi connectivity index (χ0) is 14.6. The molecule has 1 N–H and O–H groups in total. The molecule has 0 fully saturated rings. The standard InChI is InChI=1S/C14H11F3INO/c15-14(16,17)20-13-3-1-2-10(8-13)9-19-12-6-4-11(18)5-7-12/h1-8,19H,9H2. The number of hydrogen-bond donors (Lipinski definition) is 1. The third-order valence-electron chi connectivity index (χ3n) is 2.47. The Bertz CT molecular complexity index is 569. The van der Waals surface area contributed by atoms with Gasteiger partial charge >= 0.3 is 6.36 Å². The van der Waals surface area contributed by atoms with Gasteiger partial charge in [0.25, 0.3) is 0 Å². The van der Waals surface area contributed by atoms with E-state index in [0.717, 1.165) is 9.26 Å². The minimum Gasteiger partial charge on any atom is -0.406 e. The maximum absolute atomic E-state index is 12.1. The molecule has 20 heavy (non-hydrogen) atoms. The van der Waals surface area contributed by atoms with Gasteiger partial charge in [0.2, 0.25) is 0 Å². The second-order valence-electron chi connectivity index (χ2n) is 4.06. The molecule has 2 rings (SSSR count). The Hall–Kier alpha value is -1.44. The minimum atomic E-state index is -4.66. The van der Waals surface area contributed by atoms with E-state index in [2.05, 4.69) is 32.6 Å². The highest BCUT2D eigenvalue weighted by Gasteiger charge is 2.31. The highest BCUT2D eigenvalue weighted by molar-refractivity contribution is 14.1. The summed E-state index contributed by atoms with van der Waals surface area (Å²) < 4.78 is 41.4. The summed E-state index contributed by atoms with van der Waals surface area (Å²) in [6.07, 6.45) is -4.66. The van der Waals surface area contributed by atoms with Crippen LogP contribution in [0.15, 0.2) is 48.5 Å². The fourth-order valence-electron chi connectivity index (χ4n) is 1.62. The maximum Gasteiger partial charge on any atom is 0.573 e. The van der Waals surface area contributed by atoms with Gasteiger partial charge in [0.15, 0.2) is 0 Å². The summed E-state index contributed by atoms with van der Waals surface area (Å²) in [7, 11) is 0. The molecule has 0 aromatic heterocycles. The maximum atomic E-state index is 12.1. The van der Waals surface area contributed by atoms with Crippen LogP contribution in [0.5, 0.6) is 5.75 Å². The lowest BCUT2D eigenvalue weighted by molar-refractivity contribution is -0.274. The molecule has 2 nitrogen and oxygen atoms in total. The molecule has 0 bridgehead atoms. The van der Waals surface area contributed by atoms with E-state index in [1.165, 1.54) is 18.2 Å². The van der Waals surface area contributed by atoms with Gasteiger partial charge in [-0.15, -0.1) is 13.2 Å². The Balaban J connectivity index is 1.99. The molecule has 0 radical (unpaired) electrons. The molecule has 2 aromatic carbocycles. The summed E-state index contributed by atoms with van der Waals surface area (Å²) in [5.74, 6) is -0.209. The lowest BCUT2D eigenvalue weighted by atomic mass is 10.2.